The van der Waals surface area contributed by atoms with Crippen molar-refractivity contribution in [3.05, 3.63) is 32.5 Å². The number of rotatable bonds is 5. The molecule has 1 aromatic carbocycles. The van der Waals surface area contributed by atoms with Crippen LogP contribution in [0.25, 0.3) is 0 Å². The smallest absolute Gasteiger partial charge is 0.293 e. The minimum Gasteiger partial charge on any atom is -0.378 e. The Kier molecular flexibility index (Phi) is 5.48. The molecule has 0 saturated heterocycles. The lowest BCUT2D eigenvalue weighted by Crippen LogP contribution is -2.35. The summed E-state index contributed by atoms with van der Waals surface area (Å²) in [4.78, 5) is 10.6. The van der Waals surface area contributed by atoms with Crippen molar-refractivity contribution in [2.75, 3.05) is 18.1 Å². The van der Waals surface area contributed by atoms with E-state index in [2.05, 4.69) is 27.5 Å². The largest absolute Gasteiger partial charge is 0.378 e. The minimum absolute atomic E-state index is 0.0929. The molecule has 7 heteroatoms. The van der Waals surface area contributed by atoms with Gasteiger partial charge in [0.2, 0.25) is 0 Å². The van der Waals surface area contributed by atoms with Crippen molar-refractivity contribution >= 4 is 39.1 Å². The van der Waals surface area contributed by atoms with E-state index in [1.54, 1.807) is 11.8 Å². The van der Waals surface area contributed by atoms with Gasteiger partial charge in [0.15, 0.2) is 0 Å². The molecule has 1 aliphatic rings. The van der Waals surface area contributed by atoms with Gasteiger partial charge in [0, 0.05) is 23.4 Å². The fraction of sp³-hybridized carbons (Fsp3) is 0.571. The van der Waals surface area contributed by atoms with Crippen LogP contribution in [0.1, 0.15) is 32.1 Å². The number of halogens is 2. The molecule has 1 N–H and O–H groups in total. The number of nitro groups is 1. The van der Waals surface area contributed by atoms with Crippen molar-refractivity contribution < 1.29 is 9.31 Å². The molecular formula is C14H18BrFN2O2S. The maximum Gasteiger partial charge on any atom is 0.293 e. The Hall–Kier alpha value is -0.820. The van der Waals surface area contributed by atoms with Crippen molar-refractivity contribution in [1.82, 2.24) is 0 Å². The van der Waals surface area contributed by atoms with E-state index in [1.807, 2.05) is 0 Å². The molecule has 1 aliphatic carbocycles. The Bertz CT molecular complexity index is 536. The summed E-state index contributed by atoms with van der Waals surface area (Å²) in [5.41, 5.74) is 0.148. The predicted molar refractivity (Wildman–Crippen MR) is 88.6 cm³/mol. The first-order valence-electron chi connectivity index (χ1n) is 6.90. The average Bonchev–Trinajstić information content (AvgIpc) is 2.48. The lowest BCUT2D eigenvalue weighted by molar-refractivity contribution is -0.384. The summed E-state index contributed by atoms with van der Waals surface area (Å²) in [5, 5.41) is 14.2. The van der Waals surface area contributed by atoms with Gasteiger partial charge in [0.05, 0.1) is 9.40 Å². The van der Waals surface area contributed by atoms with Gasteiger partial charge in [-0.15, -0.1) is 0 Å². The molecular weight excluding hydrogens is 359 g/mol. The summed E-state index contributed by atoms with van der Waals surface area (Å²) in [6.07, 6.45) is 7.86. The highest BCUT2D eigenvalue weighted by Crippen LogP contribution is 2.39. The number of nitrogens with zero attached hydrogens (tertiary/aromatic N) is 1. The van der Waals surface area contributed by atoms with E-state index >= 15 is 0 Å². The van der Waals surface area contributed by atoms with Crippen LogP contribution in [-0.2, 0) is 0 Å². The van der Waals surface area contributed by atoms with Crippen LogP contribution in [0, 0.1) is 15.9 Å². The maximum atomic E-state index is 13.7. The molecule has 2 rings (SSSR count). The summed E-state index contributed by atoms with van der Waals surface area (Å²) >= 11 is 4.79. The highest BCUT2D eigenvalue weighted by atomic mass is 79.9. The first-order chi connectivity index (χ1) is 9.97. The van der Waals surface area contributed by atoms with E-state index in [1.165, 1.54) is 31.4 Å². The monoisotopic (exact) mass is 376 g/mol. The minimum atomic E-state index is -0.495. The molecule has 21 heavy (non-hydrogen) atoms. The molecule has 116 valence electrons. The fourth-order valence-electron chi connectivity index (χ4n) is 2.73. The van der Waals surface area contributed by atoms with Crippen molar-refractivity contribution in [1.29, 1.82) is 0 Å². The number of anilines is 1. The van der Waals surface area contributed by atoms with E-state index in [4.69, 9.17) is 0 Å². The molecule has 1 aromatic rings. The van der Waals surface area contributed by atoms with Crippen LogP contribution in [0.15, 0.2) is 16.6 Å². The van der Waals surface area contributed by atoms with Gasteiger partial charge < -0.3 is 5.32 Å². The number of thioether (sulfide) groups is 1. The standard InChI is InChI=1S/C14H18BrFN2O2S/c1-21-14(5-3-2-4-6-14)9-17-12-8-11(16)10(15)7-13(12)18(19)20/h7-8,17H,2-6,9H2,1H3. The summed E-state index contributed by atoms with van der Waals surface area (Å²) in [6.45, 7) is 0.621. The zero-order valence-corrected chi connectivity index (χ0v) is 14.2. The summed E-state index contributed by atoms with van der Waals surface area (Å²) in [5.74, 6) is -0.495. The van der Waals surface area contributed by atoms with Crippen molar-refractivity contribution in [2.45, 2.75) is 36.9 Å². The van der Waals surface area contributed by atoms with Gasteiger partial charge in [0.1, 0.15) is 11.5 Å². The summed E-state index contributed by atoms with van der Waals surface area (Å²) in [7, 11) is 0. The van der Waals surface area contributed by atoms with Crippen molar-refractivity contribution in [3.8, 4) is 0 Å². The molecule has 0 aliphatic heterocycles. The van der Waals surface area contributed by atoms with Gasteiger partial charge >= 0.3 is 0 Å². The third kappa shape index (κ3) is 3.88. The topological polar surface area (TPSA) is 55.2 Å². The highest BCUT2D eigenvalue weighted by Gasteiger charge is 2.31. The lowest BCUT2D eigenvalue weighted by Gasteiger charge is -2.36. The Morgan fingerprint density at radius 3 is 2.67 bits per heavy atom. The second kappa shape index (κ2) is 6.96. The molecule has 0 aromatic heterocycles. The van der Waals surface area contributed by atoms with Crippen LogP contribution < -0.4 is 5.32 Å². The van der Waals surface area contributed by atoms with Gasteiger partial charge in [-0.05, 0) is 35.0 Å². The fourth-order valence-corrected chi connectivity index (χ4v) is 3.98. The molecule has 0 heterocycles. The molecule has 4 nitrogen and oxygen atoms in total. The van der Waals surface area contributed by atoms with E-state index in [0.29, 0.717) is 6.54 Å². The number of hydrogen-bond donors (Lipinski definition) is 1. The van der Waals surface area contributed by atoms with E-state index in [0.717, 1.165) is 12.8 Å². The molecule has 0 atom stereocenters. The first kappa shape index (κ1) is 16.5. The summed E-state index contributed by atoms with van der Waals surface area (Å²) in [6, 6.07) is 2.41. The highest BCUT2D eigenvalue weighted by molar-refractivity contribution is 9.10. The van der Waals surface area contributed by atoms with Crippen molar-refractivity contribution in [2.24, 2.45) is 0 Å². The molecule has 1 saturated carbocycles. The zero-order chi connectivity index (χ0) is 15.5. The average molecular weight is 377 g/mol. The quantitative estimate of drug-likeness (QED) is 0.581. The van der Waals surface area contributed by atoms with Crippen LogP contribution in [-0.4, -0.2) is 22.5 Å². The van der Waals surface area contributed by atoms with Gasteiger partial charge in [-0.3, -0.25) is 10.1 Å². The van der Waals surface area contributed by atoms with Gasteiger partial charge in [-0.1, -0.05) is 19.3 Å². The lowest BCUT2D eigenvalue weighted by atomic mass is 9.88. The molecule has 0 bridgehead atoms. The molecule has 0 radical (unpaired) electrons. The Labute approximate surface area is 136 Å². The first-order valence-corrected chi connectivity index (χ1v) is 8.92. The number of nitrogens with one attached hydrogen (secondary N) is 1. The molecule has 0 unspecified atom stereocenters. The predicted octanol–water partition coefficient (Wildman–Crippen LogP) is 4.97. The van der Waals surface area contributed by atoms with Crippen LogP contribution in [0.3, 0.4) is 0 Å². The molecule has 1 fully saturated rings. The van der Waals surface area contributed by atoms with E-state index < -0.39 is 10.7 Å². The third-order valence-electron chi connectivity index (χ3n) is 4.03. The van der Waals surface area contributed by atoms with E-state index in [-0.39, 0.29) is 20.6 Å². The Morgan fingerprint density at radius 2 is 2.10 bits per heavy atom. The van der Waals surface area contributed by atoms with Gasteiger partial charge in [-0.25, -0.2) is 4.39 Å². The summed E-state index contributed by atoms with van der Waals surface area (Å²) < 4.78 is 13.9. The van der Waals surface area contributed by atoms with Crippen molar-refractivity contribution in [3.63, 3.8) is 0 Å². The van der Waals surface area contributed by atoms with Gasteiger partial charge in [0.25, 0.3) is 5.69 Å². The normalized spacial score (nSPS) is 17.5. The number of benzene rings is 1. The Morgan fingerprint density at radius 1 is 1.43 bits per heavy atom. The number of hydrogen-bond acceptors (Lipinski definition) is 4. The number of nitro benzene ring substituents is 1. The van der Waals surface area contributed by atoms with Crippen LogP contribution in [0.5, 0.6) is 0 Å². The molecule has 0 spiro atoms. The van der Waals surface area contributed by atoms with Gasteiger partial charge in [-0.2, -0.15) is 11.8 Å². The maximum absolute atomic E-state index is 13.7. The second-order valence-corrected chi connectivity index (χ2v) is 7.47. The third-order valence-corrected chi connectivity index (χ3v) is 6.06. The van der Waals surface area contributed by atoms with E-state index in [9.17, 15) is 14.5 Å². The van der Waals surface area contributed by atoms with Crippen LogP contribution in [0.4, 0.5) is 15.8 Å². The Balaban J connectivity index is 2.18. The zero-order valence-electron chi connectivity index (χ0n) is 11.8. The SMILES string of the molecule is CSC1(CNc2cc(F)c(Br)cc2[N+](=O)[O-])CCCCC1. The van der Waals surface area contributed by atoms with Crippen LogP contribution in [0.2, 0.25) is 0 Å². The van der Waals surface area contributed by atoms with Crippen LogP contribution >= 0.6 is 27.7 Å². The molecule has 0 amide bonds. The second-order valence-electron chi connectivity index (χ2n) is 5.34.